The highest BCUT2D eigenvalue weighted by atomic mass is 79.9. The third-order valence-corrected chi connectivity index (χ3v) is 5.82. The molecule has 1 aliphatic rings. The molecule has 0 aliphatic carbocycles. The van der Waals surface area contributed by atoms with Gasteiger partial charge in [-0.1, -0.05) is 48.0 Å². The molecule has 0 radical (unpaired) electrons. The van der Waals surface area contributed by atoms with Crippen LogP contribution in [0.25, 0.3) is 0 Å². The molecule has 2 N–H and O–H groups in total. The lowest BCUT2D eigenvalue weighted by Gasteiger charge is -2.45. The number of likely N-dealkylation sites (tertiary alicyclic amines) is 1. The number of rotatable bonds is 6. The van der Waals surface area contributed by atoms with Gasteiger partial charge in [0.25, 0.3) is 0 Å². The van der Waals surface area contributed by atoms with E-state index in [1.54, 1.807) is 0 Å². The average molecular weight is 339 g/mol. The van der Waals surface area contributed by atoms with Crippen molar-refractivity contribution >= 4 is 15.9 Å². The standard InChI is InChI=1S/C17H27BrN2/c1-3-17(4-2,20-11-7-8-12-20)16(19)13-14-9-5-6-10-15(14)18/h5-6,9-10,16H,3-4,7-8,11-13,19H2,1-2H3. The molecule has 0 bridgehead atoms. The summed E-state index contributed by atoms with van der Waals surface area (Å²) in [7, 11) is 0. The fourth-order valence-electron chi connectivity index (χ4n) is 3.71. The number of hydrogen-bond acceptors (Lipinski definition) is 2. The van der Waals surface area contributed by atoms with Crippen molar-refractivity contribution in [2.75, 3.05) is 13.1 Å². The minimum absolute atomic E-state index is 0.159. The van der Waals surface area contributed by atoms with E-state index >= 15 is 0 Å². The molecule has 1 atom stereocenters. The van der Waals surface area contributed by atoms with Gasteiger partial charge in [0, 0.05) is 16.1 Å². The number of hydrogen-bond donors (Lipinski definition) is 1. The van der Waals surface area contributed by atoms with Gasteiger partial charge >= 0.3 is 0 Å². The Bertz CT molecular complexity index is 423. The molecular formula is C17H27BrN2. The summed E-state index contributed by atoms with van der Waals surface area (Å²) in [4.78, 5) is 2.65. The van der Waals surface area contributed by atoms with Crippen LogP contribution in [0.5, 0.6) is 0 Å². The Morgan fingerprint density at radius 1 is 1.20 bits per heavy atom. The van der Waals surface area contributed by atoms with Crippen LogP contribution < -0.4 is 5.73 Å². The van der Waals surface area contributed by atoms with Crippen molar-refractivity contribution in [2.24, 2.45) is 5.73 Å². The maximum Gasteiger partial charge on any atom is 0.0358 e. The first-order valence-corrected chi connectivity index (χ1v) is 8.67. The van der Waals surface area contributed by atoms with E-state index in [0.717, 1.165) is 19.3 Å². The monoisotopic (exact) mass is 338 g/mol. The molecule has 112 valence electrons. The number of nitrogens with zero attached hydrogens (tertiary/aromatic N) is 1. The zero-order chi connectivity index (χ0) is 14.6. The average Bonchev–Trinajstić information content (AvgIpc) is 2.98. The lowest BCUT2D eigenvalue weighted by molar-refractivity contribution is 0.0768. The first-order chi connectivity index (χ1) is 9.64. The molecule has 1 fully saturated rings. The normalized spacial score (nSPS) is 18.4. The van der Waals surface area contributed by atoms with Gasteiger partial charge in [0.2, 0.25) is 0 Å². The summed E-state index contributed by atoms with van der Waals surface area (Å²) in [5.41, 5.74) is 8.18. The van der Waals surface area contributed by atoms with E-state index in [9.17, 15) is 0 Å². The van der Waals surface area contributed by atoms with E-state index in [1.165, 1.54) is 36.0 Å². The van der Waals surface area contributed by atoms with Gasteiger partial charge in [0.05, 0.1) is 0 Å². The van der Waals surface area contributed by atoms with Crippen LogP contribution in [-0.2, 0) is 6.42 Å². The Labute approximate surface area is 131 Å². The third-order valence-electron chi connectivity index (χ3n) is 5.05. The molecule has 2 rings (SSSR count). The molecule has 0 spiro atoms. The summed E-state index contributed by atoms with van der Waals surface area (Å²) < 4.78 is 1.18. The smallest absolute Gasteiger partial charge is 0.0358 e. The maximum absolute atomic E-state index is 6.69. The van der Waals surface area contributed by atoms with Crippen LogP contribution in [0.2, 0.25) is 0 Å². The van der Waals surface area contributed by atoms with Crippen molar-refractivity contribution in [1.82, 2.24) is 4.90 Å². The Balaban J connectivity index is 2.18. The molecule has 0 saturated carbocycles. The SMILES string of the molecule is CCC(CC)(C(N)Cc1ccccc1Br)N1CCCC1. The van der Waals surface area contributed by atoms with Gasteiger partial charge in [-0.3, -0.25) is 4.90 Å². The minimum Gasteiger partial charge on any atom is -0.326 e. The van der Waals surface area contributed by atoms with Gasteiger partial charge in [-0.25, -0.2) is 0 Å². The lowest BCUT2D eigenvalue weighted by Crippen LogP contribution is -2.59. The Morgan fingerprint density at radius 3 is 2.35 bits per heavy atom. The molecule has 3 heteroatoms. The van der Waals surface area contributed by atoms with E-state index in [1.807, 2.05) is 0 Å². The number of benzene rings is 1. The van der Waals surface area contributed by atoms with Crippen LogP contribution in [0.4, 0.5) is 0 Å². The van der Waals surface area contributed by atoms with Gasteiger partial charge in [0.15, 0.2) is 0 Å². The molecule has 20 heavy (non-hydrogen) atoms. The lowest BCUT2D eigenvalue weighted by atomic mass is 9.80. The van der Waals surface area contributed by atoms with Crippen LogP contribution in [-0.4, -0.2) is 29.6 Å². The number of halogens is 1. The Kier molecular flexibility index (Phi) is 5.65. The third kappa shape index (κ3) is 3.10. The molecular weight excluding hydrogens is 312 g/mol. The summed E-state index contributed by atoms with van der Waals surface area (Å²) >= 11 is 3.65. The molecule has 1 unspecified atom stereocenters. The molecule has 2 nitrogen and oxygen atoms in total. The second-order valence-corrected chi connectivity index (χ2v) is 6.76. The van der Waals surface area contributed by atoms with Crippen molar-refractivity contribution in [3.05, 3.63) is 34.3 Å². The summed E-state index contributed by atoms with van der Waals surface area (Å²) in [5, 5.41) is 0. The Morgan fingerprint density at radius 2 is 1.80 bits per heavy atom. The Hall–Kier alpha value is -0.380. The summed E-state index contributed by atoms with van der Waals surface area (Å²) in [5.74, 6) is 0. The topological polar surface area (TPSA) is 29.3 Å². The quantitative estimate of drug-likeness (QED) is 0.850. The fraction of sp³-hybridized carbons (Fsp3) is 0.647. The highest BCUT2D eigenvalue weighted by Gasteiger charge is 2.40. The van der Waals surface area contributed by atoms with Gasteiger partial charge in [0.1, 0.15) is 0 Å². The van der Waals surface area contributed by atoms with Crippen LogP contribution in [0, 0.1) is 0 Å². The molecule has 1 saturated heterocycles. The second-order valence-electron chi connectivity index (χ2n) is 5.91. The van der Waals surface area contributed by atoms with Crippen molar-refractivity contribution in [3.8, 4) is 0 Å². The van der Waals surface area contributed by atoms with Gasteiger partial charge in [-0.2, -0.15) is 0 Å². The minimum atomic E-state index is 0.159. The summed E-state index contributed by atoms with van der Waals surface area (Å²) in [6.07, 6.45) is 5.86. The predicted molar refractivity (Wildman–Crippen MR) is 89.9 cm³/mol. The first kappa shape index (κ1) is 16.0. The van der Waals surface area contributed by atoms with Crippen LogP contribution in [0.3, 0.4) is 0 Å². The number of nitrogens with two attached hydrogens (primary N) is 1. The highest BCUT2D eigenvalue weighted by Crippen LogP contribution is 2.33. The van der Waals surface area contributed by atoms with Gasteiger partial charge in [-0.15, -0.1) is 0 Å². The molecule has 0 amide bonds. The van der Waals surface area contributed by atoms with E-state index in [4.69, 9.17) is 5.73 Å². The van der Waals surface area contributed by atoms with E-state index in [2.05, 4.69) is 58.9 Å². The zero-order valence-electron chi connectivity index (χ0n) is 12.7. The van der Waals surface area contributed by atoms with Gasteiger partial charge in [-0.05, 0) is 56.8 Å². The predicted octanol–water partition coefficient (Wildman–Crippen LogP) is 3.97. The van der Waals surface area contributed by atoms with E-state index in [-0.39, 0.29) is 11.6 Å². The molecule has 1 heterocycles. The molecule has 0 aromatic heterocycles. The maximum atomic E-state index is 6.69. The largest absolute Gasteiger partial charge is 0.326 e. The first-order valence-electron chi connectivity index (χ1n) is 7.88. The van der Waals surface area contributed by atoms with Crippen LogP contribution >= 0.6 is 15.9 Å². The highest BCUT2D eigenvalue weighted by molar-refractivity contribution is 9.10. The summed E-state index contributed by atoms with van der Waals surface area (Å²) in [6.45, 7) is 7.01. The molecule has 1 aliphatic heterocycles. The van der Waals surface area contributed by atoms with E-state index < -0.39 is 0 Å². The van der Waals surface area contributed by atoms with Crippen molar-refractivity contribution in [3.63, 3.8) is 0 Å². The van der Waals surface area contributed by atoms with Crippen LogP contribution in [0.1, 0.15) is 45.1 Å². The van der Waals surface area contributed by atoms with Crippen molar-refractivity contribution in [2.45, 2.75) is 57.5 Å². The van der Waals surface area contributed by atoms with E-state index in [0.29, 0.717) is 0 Å². The molecule has 1 aromatic carbocycles. The summed E-state index contributed by atoms with van der Waals surface area (Å²) in [6, 6.07) is 8.64. The van der Waals surface area contributed by atoms with Crippen molar-refractivity contribution < 1.29 is 0 Å². The molecule has 1 aromatic rings. The zero-order valence-corrected chi connectivity index (χ0v) is 14.3. The second kappa shape index (κ2) is 7.06. The fourth-order valence-corrected chi connectivity index (χ4v) is 4.16. The van der Waals surface area contributed by atoms with Gasteiger partial charge < -0.3 is 5.73 Å². The van der Waals surface area contributed by atoms with Crippen molar-refractivity contribution in [1.29, 1.82) is 0 Å². The van der Waals surface area contributed by atoms with Crippen LogP contribution in [0.15, 0.2) is 28.7 Å².